The summed E-state index contributed by atoms with van der Waals surface area (Å²) in [5.41, 5.74) is -1.20. The number of nitrogens with zero attached hydrogens (tertiary/aromatic N) is 1. The van der Waals surface area contributed by atoms with Crippen LogP contribution < -0.4 is 10.6 Å². The first kappa shape index (κ1) is 16.2. The van der Waals surface area contributed by atoms with Gasteiger partial charge in [-0.25, -0.2) is 9.59 Å². The normalized spacial score (nSPS) is 21.6. The average Bonchev–Trinajstić information content (AvgIpc) is 2.80. The molecule has 0 aliphatic carbocycles. The summed E-state index contributed by atoms with van der Waals surface area (Å²) in [5, 5.41) is 14.2. The summed E-state index contributed by atoms with van der Waals surface area (Å²) in [7, 11) is 1.52. The summed E-state index contributed by atoms with van der Waals surface area (Å²) >= 11 is 0. The van der Waals surface area contributed by atoms with Crippen LogP contribution in [0.4, 0.5) is 4.79 Å². The molecule has 0 saturated carbocycles. The van der Waals surface area contributed by atoms with Crippen molar-refractivity contribution >= 4 is 17.9 Å². The Hall–Kier alpha value is -1.83. The first-order chi connectivity index (χ1) is 9.41. The molecule has 0 aromatic heterocycles. The van der Waals surface area contributed by atoms with E-state index in [0.717, 1.165) is 0 Å². The highest BCUT2D eigenvalue weighted by Crippen LogP contribution is 2.28. The van der Waals surface area contributed by atoms with Gasteiger partial charge in [0.25, 0.3) is 0 Å². The molecule has 1 aliphatic heterocycles. The van der Waals surface area contributed by atoms with Gasteiger partial charge in [-0.3, -0.25) is 4.79 Å². The molecule has 8 nitrogen and oxygen atoms in total. The number of amides is 3. The monoisotopic (exact) mass is 287 g/mol. The summed E-state index contributed by atoms with van der Waals surface area (Å²) < 4.78 is 4.78. The van der Waals surface area contributed by atoms with Crippen LogP contribution in [-0.2, 0) is 14.3 Å². The van der Waals surface area contributed by atoms with Crippen LogP contribution in [0.3, 0.4) is 0 Å². The molecule has 1 rings (SSSR count). The molecule has 0 spiro atoms. The second-order valence-corrected chi connectivity index (χ2v) is 4.84. The standard InChI is InChI=1S/C12H21N3O5/c1-12(10(17)18)4-3-6-15(12)11(19)14-8-9(16)13-5-7-20-2/h3-8H2,1-2H3,(H,13,16)(H,14,19)(H,17,18). The summed E-state index contributed by atoms with van der Waals surface area (Å²) in [6.07, 6.45) is 1.05. The molecule has 0 aromatic rings. The van der Waals surface area contributed by atoms with E-state index in [1.165, 1.54) is 18.9 Å². The number of nitrogens with one attached hydrogen (secondary N) is 2. The molecule has 3 N–H and O–H groups in total. The molecule has 0 radical (unpaired) electrons. The maximum absolute atomic E-state index is 11.9. The summed E-state index contributed by atoms with van der Waals surface area (Å²) in [4.78, 5) is 35.9. The number of carboxylic acids is 1. The minimum atomic E-state index is -1.20. The third kappa shape index (κ3) is 3.83. The van der Waals surface area contributed by atoms with Crippen molar-refractivity contribution in [3.8, 4) is 0 Å². The van der Waals surface area contributed by atoms with Crippen LogP contribution in [0.1, 0.15) is 19.8 Å². The van der Waals surface area contributed by atoms with Gasteiger partial charge in [0.2, 0.25) is 5.91 Å². The van der Waals surface area contributed by atoms with E-state index >= 15 is 0 Å². The molecule has 0 aromatic carbocycles. The van der Waals surface area contributed by atoms with Crippen molar-refractivity contribution in [3.05, 3.63) is 0 Å². The zero-order chi connectivity index (χ0) is 15.2. The predicted molar refractivity (Wildman–Crippen MR) is 70.3 cm³/mol. The minimum Gasteiger partial charge on any atom is -0.480 e. The van der Waals surface area contributed by atoms with Gasteiger partial charge in [-0.1, -0.05) is 0 Å². The maximum Gasteiger partial charge on any atom is 0.329 e. The van der Waals surface area contributed by atoms with Crippen LogP contribution >= 0.6 is 0 Å². The van der Waals surface area contributed by atoms with E-state index in [1.807, 2.05) is 0 Å². The number of ether oxygens (including phenoxy) is 1. The molecule has 114 valence electrons. The molecule has 1 atom stereocenters. The molecule has 1 aliphatic rings. The Morgan fingerprint density at radius 3 is 2.65 bits per heavy atom. The third-order valence-corrected chi connectivity index (χ3v) is 3.38. The van der Waals surface area contributed by atoms with Crippen LogP contribution in [0.15, 0.2) is 0 Å². The number of urea groups is 1. The van der Waals surface area contributed by atoms with Gasteiger partial charge >= 0.3 is 12.0 Å². The molecule has 3 amide bonds. The number of carbonyl (C=O) groups is 3. The molecule has 1 saturated heterocycles. The predicted octanol–water partition coefficient (Wildman–Crippen LogP) is -0.602. The van der Waals surface area contributed by atoms with E-state index in [2.05, 4.69) is 10.6 Å². The number of carbonyl (C=O) groups excluding carboxylic acids is 2. The molecule has 20 heavy (non-hydrogen) atoms. The highest BCUT2D eigenvalue weighted by molar-refractivity contribution is 5.89. The quantitative estimate of drug-likeness (QED) is 0.565. The second kappa shape index (κ2) is 7.09. The van der Waals surface area contributed by atoms with Gasteiger partial charge in [0, 0.05) is 20.2 Å². The fourth-order valence-electron chi connectivity index (χ4n) is 2.12. The topological polar surface area (TPSA) is 108 Å². The Labute approximate surface area is 117 Å². The van der Waals surface area contributed by atoms with E-state index in [-0.39, 0.29) is 12.5 Å². The largest absolute Gasteiger partial charge is 0.480 e. The Kier molecular flexibility index (Phi) is 5.75. The van der Waals surface area contributed by atoms with Crippen molar-refractivity contribution in [1.82, 2.24) is 15.5 Å². The highest BCUT2D eigenvalue weighted by atomic mass is 16.5. The molecular weight excluding hydrogens is 266 g/mol. The van der Waals surface area contributed by atoms with E-state index in [4.69, 9.17) is 4.74 Å². The third-order valence-electron chi connectivity index (χ3n) is 3.38. The lowest BCUT2D eigenvalue weighted by atomic mass is 10.00. The van der Waals surface area contributed by atoms with Crippen molar-refractivity contribution in [2.45, 2.75) is 25.3 Å². The van der Waals surface area contributed by atoms with Gasteiger partial charge in [-0.2, -0.15) is 0 Å². The fourth-order valence-corrected chi connectivity index (χ4v) is 2.12. The number of hydrogen-bond acceptors (Lipinski definition) is 4. The summed E-state index contributed by atoms with van der Waals surface area (Å²) in [5.74, 6) is -1.37. The lowest BCUT2D eigenvalue weighted by Crippen LogP contribution is -2.55. The zero-order valence-electron chi connectivity index (χ0n) is 11.8. The van der Waals surface area contributed by atoms with E-state index in [0.29, 0.717) is 32.5 Å². The molecule has 0 bridgehead atoms. The zero-order valence-corrected chi connectivity index (χ0v) is 11.8. The molecular formula is C12H21N3O5. The van der Waals surface area contributed by atoms with Crippen LogP contribution in [0.2, 0.25) is 0 Å². The van der Waals surface area contributed by atoms with Crippen molar-refractivity contribution < 1.29 is 24.2 Å². The van der Waals surface area contributed by atoms with Crippen molar-refractivity contribution in [1.29, 1.82) is 0 Å². The Morgan fingerprint density at radius 2 is 2.05 bits per heavy atom. The molecule has 8 heteroatoms. The van der Waals surface area contributed by atoms with Gasteiger partial charge in [-0.05, 0) is 19.8 Å². The summed E-state index contributed by atoms with van der Waals surface area (Å²) in [6, 6.07) is -0.533. The number of carboxylic acid groups (broad SMARTS) is 1. The van der Waals surface area contributed by atoms with Crippen molar-refractivity contribution in [2.24, 2.45) is 0 Å². The van der Waals surface area contributed by atoms with E-state index in [9.17, 15) is 19.5 Å². The number of aliphatic carboxylic acids is 1. The van der Waals surface area contributed by atoms with E-state index in [1.54, 1.807) is 0 Å². The van der Waals surface area contributed by atoms with Crippen LogP contribution in [0, 0.1) is 0 Å². The minimum absolute atomic E-state index is 0.186. The maximum atomic E-state index is 11.9. The Bertz CT molecular complexity index is 387. The number of likely N-dealkylation sites (tertiary alicyclic amines) is 1. The van der Waals surface area contributed by atoms with Crippen molar-refractivity contribution in [3.63, 3.8) is 0 Å². The molecule has 1 heterocycles. The Morgan fingerprint density at radius 1 is 1.35 bits per heavy atom. The van der Waals surface area contributed by atoms with Crippen LogP contribution in [0.5, 0.6) is 0 Å². The molecule has 1 unspecified atom stereocenters. The average molecular weight is 287 g/mol. The first-order valence-corrected chi connectivity index (χ1v) is 6.46. The SMILES string of the molecule is COCCNC(=O)CNC(=O)N1CCCC1(C)C(=O)O. The molecule has 1 fully saturated rings. The lowest BCUT2D eigenvalue weighted by Gasteiger charge is -2.31. The van der Waals surface area contributed by atoms with Gasteiger partial charge in [0.1, 0.15) is 5.54 Å². The fraction of sp³-hybridized carbons (Fsp3) is 0.750. The van der Waals surface area contributed by atoms with Gasteiger partial charge in [0.15, 0.2) is 0 Å². The summed E-state index contributed by atoms with van der Waals surface area (Å²) in [6.45, 7) is 2.46. The smallest absolute Gasteiger partial charge is 0.329 e. The number of rotatable bonds is 6. The Balaban J connectivity index is 2.43. The lowest BCUT2D eigenvalue weighted by molar-refractivity contribution is -0.147. The van der Waals surface area contributed by atoms with Crippen LogP contribution in [0.25, 0.3) is 0 Å². The second-order valence-electron chi connectivity index (χ2n) is 4.84. The number of hydrogen-bond donors (Lipinski definition) is 3. The van der Waals surface area contributed by atoms with E-state index < -0.39 is 17.5 Å². The van der Waals surface area contributed by atoms with Crippen LogP contribution in [-0.4, -0.2) is 66.8 Å². The number of methoxy groups -OCH3 is 1. The van der Waals surface area contributed by atoms with Gasteiger partial charge in [-0.15, -0.1) is 0 Å². The van der Waals surface area contributed by atoms with Gasteiger partial charge in [0.05, 0.1) is 13.2 Å². The first-order valence-electron chi connectivity index (χ1n) is 6.46. The van der Waals surface area contributed by atoms with Gasteiger partial charge < -0.3 is 25.4 Å². The highest BCUT2D eigenvalue weighted by Gasteiger charge is 2.45. The van der Waals surface area contributed by atoms with Crippen molar-refractivity contribution in [2.75, 3.05) is 33.4 Å².